The number of rotatable bonds is 9. The Bertz CT molecular complexity index is 564. The molecule has 5 nitrogen and oxygen atoms in total. The van der Waals surface area contributed by atoms with E-state index in [2.05, 4.69) is 15.6 Å². The fourth-order valence-electron chi connectivity index (χ4n) is 2.35. The van der Waals surface area contributed by atoms with E-state index in [0.717, 1.165) is 11.3 Å². The number of guanidine groups is 1. The average molecular weight is 374 g/mol. The van der Waals surface area contributed by atoms with Gasteiger partial charge in [-0.3, -0.25) is 9.89 Å². The fraction of sp³-hybridized carbons (Fsp3) is 0.611. The van der Waals surface area contributed by atoms with Crippen molar-refractivity contribution in [2.24, 2.45) is 4.99 Å². The van der Waals surface area contributed by atoms with Crippen molar-refractivity contribution in [3.05, 3.63) is 29.8 Å². The minimum atomic E-state index is -4.16. The molecule has 0 fully saturated rings. The topological polar surface area (TPSA) is 48.9 Å². The van der Waals surface area contributed by atoms with Gasteiger partial charge in [0.25, 0.3) is 0 Å². The maximum absolute atomic E-state index is 12.3. The third-order valence-electron chi connectivity index (χ3n) is 3.66. The van der Waals surface area contributed by atoms with E-state index in [0.29, 0.717) is 32.0 Å². The van der Waals surface area contributed by atoms with Crippen molar-refractivity contribution in [1.29, 1.82) is 0 Å². The summed E-state index contributed by atoms with van der Waals surface area (Å²) < 4.78 is 42.7. The van der Waals surface area contributed by atoms with E-state index in [-0.39, 0.29) is 6.10 Å². The molecule has 1 unspecified atom stereocenters. The van der Waals surface area contributed by atoms with E-state index >= 15 is 0 Å². The molecule has 26 heavy (non-hydrogen) atoms. The second kappa shape index (κ2) is 10.9. The Morgan fingerprint density at radius 1 is 1.27 bits per heavy atom. The molecule has 2 N–H and O–H groups in total. The SMILES string of the molecule is CN=C(NCCCN(C)CC(F)(F)F)NCC(C)Oc1ccccc1C. The number of benzene rings is 1. The number of hydrogen-bond acceptors (Lipinski definition) is 3. The van der Waals surface area contributed by atoms with Crippen molar-refractivity contribution in [2.75, 3.05) is 40.3 Å². The normalized spacial score (nSPS) is 13.6. The lowest BCUT2D eigenvalue weighted by Crippen LogP contribution is -2.42. The van der Waals surface area contributed by atoms with Crippen LogP contribution >= 0.6 is 0 Å². The lowest BCUT2D eigenvalue weighted by molar-refractivity contribution is -0.143. The lowest BCUT2D eigenvalue weighted by atomic mass is 10.2. The highest BCUT2D eigenvalue weighted by Gasteiger charge is 2.28. The summed E-state index contributed by atoms with van der Waals surface area (Å²) in [6.45, 7) is 4.51. The Morgan fingerprint density at radius 2 is 1.96 bits per heavy atom. The van der Waals surface area contributed by atoms with Gasteiger partial charge < -0.3 is 15.4 Å². The molecule has 0 aliphatic carbocycles. The Hall–Kier alpha value is -1.96. The molecule has 1 rings (SSSR count). The van der Waals surface area contributed by atoms with Crippen LogP contribution in [0.5, 0.6) is 5.75 Å². The molecule has 148 valence electrons. The zero-order valence-corrected chi connectivity index (χ0v) is 15.9. The van der Waals surface area contributed by atoms with Crippen LogP contribution in [0.2, 0.25) is 0 Å². The smallest absolute Gasteiger partial charge is 0.401 e. The third-order valence-corrected chi connectivity index (χ3v) is 3.66. The first kappa shape index (κ1) is 22.1. The van der Waals surface area contributed by atoms with Gasteiger partial charge in [0.15, 0.2) is 5.96 Å². The van der Waals surface area contributed by atoms with Crippen LogP contribution in [-0.2, 0) is 0 Å². The predicted molar refractivity (Wildman–Crippen MR) is 98.8 cm³/mol. The van der Waals surface area contributed by atoms with Crippen LogP contribution in [-0.4, -0.2) is 63.4 Å². The van der Waals surface area contributed by atoms with Crippen LogP contribution in [0.25, 0.3) is 0 Å². The molecular formula is C18H29F3N4O. The molecule has 0 aliphatic rings. The van der Waals surface area contributed by atoms with E-state index in [1.54, 1.807) is 7.05 Å². The Balaban J connectivity index is 2.25. The highest BCUT2D eigenvalue weighted by molar-refractivity contribution is 5.79. The van der Waals surface area contributed by atoms with E-state index < -0.39 is 12.7 Å². The maximum Gasteiger partial charge on any atom is 0.401 e. The van der Waals surface area contributed by atoms with Crippen LogP contribution in [0.3, 0.4) is 0 Å². The van der Waals surface area contributed by atoms with Gasteiger partial charge in [-0.15, -0.1) is 0 Å². The van der Waals surface area contributed by atoms with Crippen LogP contribution < -0.4 is 15.4 Å². The summed E-state index contributed by atoms with van der Waals surface area (Å²) in [6.07, 6.45) is -3.64. The number of para-hydroxylation sites is 1. The van der Waals surface area contributed by atoms with Crippen molar-refractivity contribution in [3.63, 3.8) is 0 Å². The largest absolute Gasteiger partial charge is 0.489 e. The Kier molecular flexibility index (Phi) is 9.26. The first-order chi connectivity index (χ1) is 12.2. The molecule has 1 atom stereocenters. The lowest BCUT2D eigenvalue weighted by Gasteiger charge is -2.20. The summed E-state index contributed by atoms with van der Waals surface area (Å²) >= 11 is 0. The predicted octanol–water partition coefficient (Wildman–Crippen LogP) is 2.81. The Morgan fingerprint density at radius 3 is 2.58 bits per heavy atom. The number of nitrogens with zero attached hydrogens (tertiary/aromatic N) is 2. The molecule has 1 aromatic carbocycles. The van der Waals surface area contributed by atoms with Crippen LogP contribution in [0.1, 0.15) is 18.9 Å². The summed E-state index contributed by atoms with van der Waals surface area (Å²) in [5.41, 5.74) is 1.07. The molecular weight excluding hydrogens is 345 g/mol. The van der Waals surface area contributed by atoms with Gasteiger partial charge in [-0.25, -0.2) is 0 Å². The molecule has 1 aromatic rings. The van der Waals surface area contributed by atoms with Gasteiger partial charge >= 0.3 is 6.18 Å². The highest BCUT2D eigenvalue weighted by Crippen LogP contribution is 2.17. The second-order valence-electron chi connectivity index (χ2n) is 6.28. The first-order valence-corrected chi connectivity index (χ1v) is 8.63. The van der Waals surface area contributed by atoms with Crippen molar-refractivity contribution in [3.8, 4) is 5.75 Å². The number of ether oxygens (including phenoxy) is 1. The molecule has 0 aromatic heterocycles. The standard InChI is InChI=1S/C18H29F3N4O/c1-14-8-5-6-9-16(14)26-15(2)12-24-17(22-3)23-10-7-11-25(4)13-18(19,20)21/h5-6,8-9,15H,7,10-13H2,1-4H3,(H2,22,23,24). The van der Waals surface area contributed by atoms with Crippen LogP contribution in [0.15, 0.2) is 29.3 Å². The number of halogens is 3. The van der Waals surface area contributed by atoms with Gasteiger partial charge in [-0.2, -0.15) is 13.2 Å². The summed E-state index contributed by atoms with van der Waals surface area (Å²) in [7, 11) is 3.11. The summed E-state index contributed by atoms with van der Waals surface area (Å²) in [5.74, 6) is 1.45. The average Bonchev–Trinajstić information content (AvgIpc) is 2.54. The molecule has 0 aliphatic heterocycles. The molecule has 0 saturated heterocycles. The van der Waals surface area contributed by atoms with Gasteiger partial charge in [0, 0.05) is 13.6 Å². The summed E-state index contributed by atoms with van der Waals surface area (Å²) in [4.78, 5) is 5.37. The molecule has 0 heterocycles. The Labute approximate surface area is 153 Å². The van der Waals surface area contributed by atoms with E-state index in [1.165, 1.54) is 11.9 Å². The number of aryl methyl sites for hydroxylation is 1. The third kappa shape index (κ3) is 9.50. The zero-order chi connectivity index (χ0) is 19.6. The highest BCUT2D eigenvalue weighted by atomic mass is 19.4. The molecule has 8 heteroatoms. The maximum atomic E-state index is 12.3. The molecule has 0 spiro atoms. The van der Waals surface area contributed by atoms with Gasteiger partial charge in [-0.1, -0.05) is 18.2 Å². The van der Waals surface area contributed by atoms with Gasteiger partial charge in [0.05, 0.1) is 13.1 Å². The van der Waals surface area contributed by atoms with Crippen LogP contribution in [0, 0.1) is 6.92 Å². The second-order valence-corrected chi connectivity index (χ2v) is 6.28. The van der Waals surface area contributed by atoms with Crippen LogP contribution in [0.4, 0.5) is 13.2 Å². The molecule has 0 bridgehead atoms. The molecule has 0 amide bonds. The minimum Gasteiger partial charge on any atom is -0.489 e. The van der Waals surface area contributed by atoms with Crippen molar-refractivity contribution in [1.82, 2.24) is 15.5 Å². The van der Waals surface area contributed by atoms with Gasteiger partial charge in [0.1, 0.15) is 11.9 Å². The summed E-state index contributed by atoms with van der Waals surface area (Å²) in [5, 5.41) is 6.25. The first-order valence-electron chi connectivity index (χ1n) is 8.63. The van der Waals surface area contributed by atoms with Crippen molar-refractivity contribution < 1.29 is 17.9 Å². The monoisotopic (exact) mass is 374 g/mol. The number of aliphatic imine (C=N–C) groups is 1. The van der Waals surface area contributed by atoms with Crippen molar-refractivity contribution in [2.45, 2.75) is 32.5 Å². The van der Waals surface area contributed by atoms with Crippen molar-refractivity contribution >= 4 is 5.96 Å². The molecule has 0 saturated carbocycles. The number of hydrogen-bond donors (Lipinski definition) is 2. The van der Waals surface area contributed by atoms with E-state index in [9.17, 15) is 13.2 Å². The van der Waals surface area contributed by atoms with E-state index in [1.807, 2.05) is 38.1 Å². The van der Waals surface area contributed by atoms with Gasteiger partial charge in [0.2, 0.25) is 0 Å². The zero-order valence-electron chi connectivity index (χ0n) is 15.9. The molecule has 0 radical (unpaired) electrons. The minimum absolute atomic E-state index is 0.0624. The van der Waals surface area contributed by atoms with E-state index in [4.69, 9.17) is 4.74 Å². The number of nitrogens with one attached hydrogen (secondary N) is 2. The number of alkyl halides is 3. The summed E-state index contributed by atoms with van der Waals surface area (Å²) in [6, 6.07) is 7.81. The van der Waals surface area contributed by atoms with Gasteiger partial charge in [-0.05, 0) is 45.5 Å². The fourth-order valence-corrected chi connectivity index (χ4v) is 2.35. The quantitative estimate of drug-likeness (QED) is 0.396.